The van der Waals surface area contributed by atoms with E-state index in [-0.39, 0.29) is 17.0 Å². The lowest BCUT2D eigenvalue weighted by Gasteiger charge is -2.42. The van der Waals surface area contributed by atoms with Crippen LogP contribution < -0.4 is 9.84 Å². The largest absolute Gasteiger partial charge is 0.594 e. The van der Waals surface area contributed by atoms with E-state index in [0.717, 1.165) is 17.4 Å². The van der Waals surface area contributed by atoms with Gasteiger partial charge in [0.15, 0.2) is 6.08 Å². The molecule has 172 valence electrons. The number of hydrogen-bond donors (Lipinski definition) is 0. The zero-order valence-corrected chi connectivity index (χ0v) is 20.7. The Balaban J connectivity index is 0.00000450. The highest BCUT2D eigenvalue weighted by atomic mass is 79.9. The lowest BCUT2D eigenvalue weighted by Crippen LogP contribution is -2.53. The number of likely N-dealkylation sites (tertiary alicyclic amines) is 1. The Labute approximate surface area is 193 Å². The van der Waals surface area contributed by atoms with Gasteiger partial charge in [0, 0.05) is 6.61 Å². The van der Waals surface area contributed by atoms with Crippen molar-refractivity contribution in [3.8, 4) is 5.75 Å². The van der Waals surface area contributed by atoms with Gasteiger partial charge < -0.3 is 19.1 Å². The molecule has 0 amide bonds. The lowest BCUT2D eigenvalue weighted by molar-refractivity contribution is -0.932. The highest BCUT2D eigenvalue weighted by Crippen LogP contribution is 2.27. The highest BCUT2D eigenvalue weighted by molar-refractivity contribution is 8.93. The summed E-state index contributed by atoms with van der Waals surface area (Å²) in [6.07, 6.45) is 10.5. The normalized spacial score (nSPS) is 16.0. The van der Waals surface area contributed by atoms with E-state index in [1.165, 1.54) is 71.0 Å². The molecular weight excluding hydrogens is 444 g/mol. The van der Waals surface area contributed by atoms with Gasteiger partial charge in [0.25, 0.3) is 0 Å². The van der Waals surface area contributed by atoms with Gasteiger partial charge in [-0.25, -0.2) is 4.99 Å². The summed E-state index contributed by atoms with van der Waals surface area (Å²) >= 11 is 0. The molecule has 5 nitrogen and oxygen atoms in total. The Morgan fingerprint density at radius 2 is 1.67 bits per heavy atom. The first kappa shape index (κ1) is 26.8. The van der Waals surface area contributed by atoms with Crippen LogP contribution in [0.3, 0.4) is 0 Å². The summed E-state index contributed by atoms with van der Waals surface area (Å²) in [5.41, 5.74) is 0.557. The number of halogens is 1. The first-order chi connectivity index (χ1) is 14.2. The van der Waals surface area contributed by atoms with Crippen molar-refractivity contribution < 1.29 is 19.1 Å². The second kappa shape index (κ2) is 15.5. The van der Waals surface area contributed by atoms with Crippen molar-refractivity contribution >= 4 is 28.8 Å². The maximum absolute atomic E-state index is 12.3. The van der Waals surface area contributed by atoms with Gasteiger partial charge >= 0.3 is 0 Å². The summed E-state index contributed by atoms with van der Waals surface area (Å²) in [6, 6.07) is 7.46. The average molecular weight is 486 g/mol. The topological polar surface area (TPSA) is 53.9 Å². The van der Waals surface area contributed by atoms with Gasteiger partial charge in [0.1, 0.15) is 11.4 Å². The maximum Gasteiger partial charge on any atom is 0.151 e. The minimum Gasteiger partial charge on any atom is -0.594 e. The van der Waals surface area contributed by atoms with Crippen LogP contribution in [-0.2, 0) is 4.74 Å². The summed E-state index contributed by atoms with van der Waals surface area (Å²) in [4.78, 5) is 4.15. The first-order valence-corrected chi connectivity index (χ1v) is 11.6. The third-order valence-corrected chi connectivity index (χ3v) is 5.84. The molecule has 1 saturated heterocycles. The zero-order chi connectivity index (χ0) is 20.8. The molecule has 2 rings (SSSR count). The predicted octanol–water partition coefficient (Wildman–Crippen LogP) is 5.39. The molecule has 0 saturated carbocycles. The van der Waals surface area contributed by atoms with E-state index in [2.05, 4.69) is 18.8 Å². The van der Waals surface area contributed by atoms with Crippen molar-refractivity contribution in [1.29, 1.82) is 0 Å². The quantitative estimate of drug-likeness (QED) is 0.163. The molecule has 1 aromatic rings. The SMILES string of the molecule is Br.CCCCCCCOc1ccccc1N=C([O-])OCC[N+]1(CCC)CCCCC1. The molecule has 1 fully saturated rings. The third-order valence-electron chi connectivity index (χ3n) is 5.84. The number of benzene rings is 1. The average Bonchev–Trinajstić information content (AvgIpc) is 2.72. The molecule has 0 N–H and O–H groups in total. The molecule has 0 aliphatic carbocycles. The second-order valence-electron chi connectivity index (χ2n) is 8.25. The molecule has 1 heterocycles. The Hall–Kier alpha value is -1.27. The standard InChI is InChI=1S/C24H40N2O3.BrH/c1-3-5-6-7-13-20-28-23-15-10-9-14-22(23)25-24(27)29-21-19-26(16-4-2)17-11-8-12-18-26;/h9-10,14-15H,3-8,11-13,16-21H2,1-2H3;1H. The number of rotatable bonds is 13. The van der Waals surface area contributed by atoms with Gasteiger partial charge in [-0.15, -0.1) is 17.0 Å². The van der Waals surface area contributed by atoms with Gasteiger partial charge in [-0.2, -0.15) is 0 Å². The second-order valence-corrected chi connectivity index (χ2v) is 8.25. The molecule has 1 aliphatic rings. The van der Waals surface area contributed by atoms with Crippen LogP contribution in [0.25, 0.3) is 0 Å². The van der Waals surface area contributed by atoms with E-state index in [1.807, 2.05) is 24.3 Å². The van der Waals surface area contributed by atoms with Crippen molar-refractivity contribution in [3.05, 3.63) is 24.3 Å². The van der Waals surface area contributed by atoms with Crippen LogP contribution in [0.2, 0.25) is 0 Å². The molecule has 6 heteroatoms. The number of piperidine rings is 1. The molecule has 0 aromatic heterocycles. The first-order valence-electron chi connectivity index (χ1n) is 11.6. The molecule has 1 aromatic carbocycles. The number of aliphatic imine (C=N–C) groups is 1. The number of nitrogens with zero attached hydrogens (tertiary/aromatic N) is 2. The van der Waals surface area contributed by atoms with Crippen LogP contribution in [0.15, 0.2) is 29.3 Å². The molecular formula is C24H41BrN2O3. The Morgan fingerprint density at radius 1 is 0.933 bits per heavy atom. The fourth-order valence-corrected chi connectivity index (χ4v) is 4.23. The molecule has 0 radical (unpaired) electrons. The summed E-state index contributed by atoms with van der Waals surface area (Å²) in [7, 11) is 0. The van der Waals surface area contributed by atoms with Crippen molar-refractivity contribution in [3.63, 3.8) is 0 Å². The number of ether oxygens (including phenoxy) is 2. The highest BCUT2D eigenvalue weighted by Gasteiger charge is 2.27. The van der Waals surface area contributed by atoms with Gasteiger partial charge in [0.2, 0.25) is 0 Å². The van der Waals surface area contributed by atoms with E-state index >= 15 is 0 Å². The predicted molar refractivity (Wildman–Crippen MR) is 128 cm³/mol. The minimum atomic E-state index is -0.518. The van der Waals surface area contributed by atoms with E-state index in [0.29, 0.717) is 24.7 Å². The van der Waals surface area contributed by atoms with Crippen LogP contribution in [0.5, 0.6) is 5.75 Å². The van der Waals surface area contributed by atoms with Gasteiger partial charge in [-0.3, -0.25) is 0 Å². The van der Waals surface area contributed by atoms with Gasteiger partial charge in [-0.1, -0.05) is 51.7 Å². The third kappa shape index (κ3) is 9.69. The Morgan fingerprint density at radius 3 is 2.40 bits per heavy atom. The lowest BCUT2D eigenvalue weighted by atomic mass is 10.1. The van der Waals surface area contributed by atoms with E-state index < -0.39 is 6.08 Å². The number of para-hydroxylation sites is 2. The summed E-state index contributed by atoms with van der Waals surface area (Å²) in [6.45, 7) is 10.0. The van der Waals surface area contributed by atoms with Crippen LogP contribution >= 0.6 is 17.0 Å². The number of quaternary nitrogens is 1. The van der Waals surface area contributed by atoms with Crippen LogP contribution in [0.1, 0.15) is 71.6 Å². The fourth-order valence-electron chi connectivity index (χ4n) is 4.23. The Bertz CT molecular complexity index is 598. The van der Waals surface area contributed by atoms with Crippen LogP contribution in [0.4, 0.5) is 5.69 Å². The number of hydrogen-bond acceptors (Lipinski definition) is 4. The van der Waals surface area contributed by atoms with Gasteiger partial charge in [0.05, 0.1) is 32.8 Å². The molecule has 0 spiro atoms. The monoisotopic (exact) mass is 484 g/mol. The van der Waals surface area contributed by atoms with Crippen molar-refractivity contribution in [2.24, 2.45) is 4.99 Å². The van der Waals surface area contributed by atoms with Crippen LogP contribution in [0, 0.1) is 0 Å². The van der Waals surface area contributed by atoms with Crippen LogP contribution in [-0.4, -0.2) is 50.0 Å². The fraction of sp³-hybridized carbons (Fsp3) is 0.708. The molecule has 0 atom stereocenters. The molecule has 1 aliphatic heterocycles. The Kier molecular flexibility index (Phi) is 13.8. The van der Waals surface area contributed by atoms with Crippen molar-refractivity contribution in [2.45, 2.75) is 71.6 Å². The molecule has 0 bridgehead atoms. The van der Waals surface area contributed by atoms with Gasteiger partial charge in [-0.05, 0) is 44.2 Å². The summed E-state index contributed by atoms with van der Waals surface area (Å²) in [5.74, 6) is 0.658. The zero-order valence-electron chi connectivity index (χ0n) is 18.9. The molecule has 0 unspecified atom stereocenters. The van der Waals surface area contributed by atoms with E-state index in [1.54, 1.807) is 0 Å². The molecule has 30 heavy (non-hydrogen) atoms. The van der Waals surface area contributed by atoms with E-state index in [4.69, 9.17) is 9.47 Å². The summed E-state index contributed by atoms with van der Waals surface area (Å²) < 4.78 is 12.4. The minimum absolute atomic E-state index is 0. The smallest absolute Gasteiger partial charge is 0.151 e. The van der Waals surface area contributed by atoms with Crippen molar-refractivity contribution in [1.82, 2.24) is 0 Å². The van der Waals surface area contributed by atoms with E-state index in [9.17, 15) is 5.11 Å². The van der Waals surface area contributed by atoms with Crippen molar-refractivity contribution in [2.75, 3.05) is 39.4 Å². The maximum atomic E-state index is 12.3. The number of unbranched alkanes of at least 4 members (excludes halogenated alkanes) is 4. The summed E-state index contributed by atoms with van der Waals surface area (Å²) in [5, 5.41) is 12.3.